The van der Waals surface area contributed by atoms with Crippen molar-refractivity contribution in [1.82, 2.24) is 4.90 Å². The maximum absolute atomic E-state index is 13.1. The van der Waals surface area contributed by atoms with Gasteiger partial charge in [-0.2, -0.15) is 0 Å². The lowest BCUT2D eigenvalue weighted by Gasteiger charge is -2.26. The number of rotatable bonds is 4. The fourth-order valence-electron chi connectivity index (χ4n) is 2.54. The van der Waals surface area contributed by atoms with Crippen LogP contribution in [-0.2, 0) is 4.79 Å². The molecule has 0 bridgehead atoms. The van der Waals surface area contributed by atoms with Gasteiger partial charge in [-0.1, -0.05) is 13.0 Å². The number of benzene rings is 1. The van der Waals surface area contributed by atoms with Crippen LogP contribution in [-0.4, -0.2) is 36.5 Å². The molecule has 1 saturated heterocycles. The molecule has 1 aliphatic heterocycles. The summed E-state index contributed by atoms with van der Waals surface area (Å²) in [5.41, 5.74) is 6.36. The second kappa shape index (κ2) is 5.89. The van der Waals surface area contributed by atoms with Gasteiger partial charge in [-0.05, 0) is 50.0 Å². The first-order valence-electron chi connectivity index (χ1n) is 6.94. The van der Waals surface area contributed by atoms with Gasteiger partial charge in [-0.3, -0.25) is 9.69 Å². The topological polar surface area (TPSA) is 58.4 Å². The summed E-state index contributed by atoms with van der Waals surface area (Å²) in [5.74, 6) is -0.468. The molecule has 0 aliphatic carbocycles. The third kappa shape index (κ3) is 3.35. The zero-order valence-electron chi connectivity index (χ0n) is 12.0. The molecule has 1 aliphatic rings. The quantitative estimate of drug-likeness (QED) is 0.884. The molecule has 2 rings (SSSR count). The standard InChI is InChI=1S/C15H22FN3O/c1-11(19-7-6-15(2,9-17)10-19)14(20)18-13-5-3-4-12(16)8-13/h3-5,8,11H,6-7,9-10,17H2,1-2H3,(H,18,20). The second-order valence-corrected chi connectivity index (χ2v) is 5.91. The molecule has 0 spiro atoms. The van der Waals surface area contributed by atoms with E-state index in [0.29, 0.717) is 12.2 Å². The van der Waals surface area contributed by atoms with E-state index in [0.717, 1.165) is 19.5 Å². The van der Waals surface area contributed by atoms with Crippen LogP contribution in [0.5, 0.6) is 0 Å². The number of amides is 1. The molecule has 110 valence electrons. The van der Waals surface area contributed by atoms with Crippen molar-refractivity contribution in [2.75, 3.05) is 25.0 Å². The molecular formula is C15H22FN3O. The van der Waals surface area contributed by atoms with Gasteiger partial charge in [-0.15, -0.1) is 0 Å². The van der Waals surface area contributed by atoms with Crippen LogP contribution >= 0.6 is 0 Å². The zero-order valence-corrected chi connectivity index (χ0v) is 12.0. The predicted octanol–water partition coefficient (Wildman–Crippen LogP) is 1.82. The van der Waals surface area contributed by atoms with Gasteiger partial charge in [0.05, 0.1) is 6.04 Å². The van der Waals surface area contributed by atoms with E-state index in [4.69, 9.17) is 5.73 Å². The normalized spacial score (nSPS) is 24.6. The van der Waals surface area contributed by atoms with E-state index in [1.165, 1.54) is 12.1 Å². The summed E-state index contributed by atoms with van der Waals surface area (Å²) < 4.78 is 13.1. The Kier molecular flexibility index (Phi) is 4.40. The molecule has 3 N–H and O–H groups in total. The Labute approximate surface area is 119 Å². The van der Waals surface area contributed by atoms with E-state index >= 15 is 0 Å². The Balaban J connectivity index is 1.96. The molecule has 0 aromatic heterocycles. The molecule has 4 nitrogen and oxygen atoms in total. The number of carbonyl (C=O) groups excluding carboxylic acids is 1. The van der Waals surface area contributed by atoms with E-state index in [9.17, 15) is 9.18 Å². The number of nitrogens with one attached hydrogen (secondary N) is 1. The lowest BCUT2D eigenvalue weighted by atomic mass is 9.90. The highest BCUT2D eigenvalue weighted by Gasteiger charge is 2.36. The average Bonchev–Trinajstić information content (AvgIpc) is 2.81. The van der Waals surface area contributed by atoms with Crippen LogP contribution in [0.3, 0.4) is 0 Å². The van der Waals surface area contributed by atoms with Crippen LogP contribution in [0.4, 0.5) is 10.1 Å². The van der Waals surface area contributed by atoms with E-state index < -0.39 is 0 Å². The molecule has 20 heavy (non-hydrogen) atoms. The van der Waals surface area contributed by atoms with E-state index in [2.05, 4.69) is 17.1 Å². The number of nitrogens with zero attached hydrogens (tertiary/aromatic N) is 1. The van der Waals surface area contributed by atoms with Crippen LogP contribution in [0.1, 0.15) is 20.3 Å². The van der Waals surface area contributed by atoms with E-state index in [1.807, 2.05) is 6.92 Å². The van der Waals surface area contributed by atoms with Crippen molar-refractivity contribution in [1.29, 1.82) is 0 Å². The summed E-state index contributed by atoms with van der Waals surface area (Å²) in [4.78, 5) is 14.3. The number of nitrogens with two attached hydrogens (primary N) is 1. The summed E-state index contributed by atoms with van der Waals surface area (Å²) in [6, 6.07) is 5.69. The largest absolute Gasteiger partial charge is 0.330 e. The average molecular weight is 279 g/mol. The summed E-state index contributed by atoms with van der Waals surface area (Å²) >= 11 is 0. The lowest BCUT2D eigenvalue weighted by molar-refractivity contribution is -0.120. The number of carbonyl (C=O) groups is 1. The minimum Gasteiger partial charge on any atom is -0.330 e. The molecule has 1 heterocycles. The summed E-state index contributed by atoms with van der Waals surface area (Å²) in [5, 5.41) is 2.75. The van der Waals surface area contributed by atoms with Crippen LogP contribution in [0, 0.1) is 11.2 Å². The Morgan fingerprint density at radius 1 is 1.60 bits per heavy atom. The molecule has 0 radical (unpaired) electrons. The lowest BCUT2D eigenvalue weighted by Crippen LogP contribution is -2.42. The maximum Gasteiger partial charge on any atom is 0.241 e. The molecule has 2 unspecified atom stereocenters. The Morgan fingerprint density at radius 3 is 2.95 bits per heavy atom. The Bertz CT molecular complexity index is 494. The number of anilines is 1. The van der Waals surface area contributed by atoms with Crippen molar-refractivity contribution in [2.45, 2.75) is 26.3 Å². The first kappa shape index (κ1) is 14.9. The fourth-order valence-corrected chi connectivity index (χ4v) is 2.54. The van der Waals surface area contributed by atoms with Crippen LogP contribution < -0.4 is 11.1 Å². The van der Waals surface area contributed by atoms with Gasteiger partial charge in [0.25, 0.3) is 0 Å². The third-order valence-electron chi connectivity index (χ3n) is 4.10. The highest BCUT2D eigenvalue weighted by Crippen LogP contribution is 2.29. The van der Waals surface area contributed by atoms with E-state index in [-0.39, 0.29) is 23.2 Å². The molecule has 5 heteroatoms. The molecule has 1 aromatic rings. The van der Waals surface area contributed by atoms with Crippen molar-refractivity contribution >= 4 is 11.6 Å². The number of hydrogen-bond acceptors (Lipinski definition) is 3. The maximum atomic E-state index is 13.1. The highest BCUT2D eigenvalue weighted by molar-refractivity contribution is 5.94. The third-order valence-corrected chi connectivity index (χ3v) is 4.10. The van der Waals surface area contributed by atoms with Crippen molar-refractivity contribution in [3.8, 4) is 0 Å². The predicted molar refractivity (Wildman–Crippen MR) is 77.8 cm³/mol. The molecule has 0 saturated carbocycles. The SMILES string of the molecule is CC(C(=O)Nc1cccc(F)c1)N1CCC(C)(CN)C1. The van der Waals surface area contributed by atoms with Crippen molar-refractivity contribution in [3.05, 3.63) is 30.1 Å². The minimum atomic E-state index is -0.354. The van der Waals surface area contributed by atoms with Crippen LogP contribution in [0.15, 0.2) is 24.3 Å². The van der Waals surface area contributed by atoms with Gasteiger partial charge in [-0.25, -0.2) is 4.39 Å². The monoisotopic (exact) mass is 279 g/mol. The van der Waals surface area contributed by atoms with Gasteiger partial charge in [0.2, 0.25) is 5.91 Å². The zero-order chi connectivity index (χ0) is 14.8. The number of halogens is 1. The van der Waals surface area contributed by atoms with Crippen molar-refractivity contribution in [2.24, 2.45) is 11.1 Å². The van der Waals surface area contributed by atoms with Gasteiger partial charge in [0.1, 0.15) is 5.82 Å². The minimum absolute atomic E-state index is 0.0907. The summed E-state index contributed by atoms with van der Waals surface area (Å²) in [6.07, 6.45) is 1.00. The van der Waals surface area contributed by atoms with Gasteiger partial charge >= 0.3 is 0 Å². The van der Waals surface area contributed by atoms with Gasteiger partial charge < -0.3 is 11.1 Å². The van der Waals surface area contributed by atoms with Crippen LogP contribution in [0.2, 0.25) is 0 Å². The Morgan fingerprint density at radius 2 is 2.35 bits per heavy atom. The molecule has 1 amide bonds. The van der Waals surface area contributed by atoms with E-state index in [1.54, 1.807) is 12.1 Å². The van der Waals surface area contributed by atoms with Crippen molar-refractivity contribution < 1.29 is 9.18 Å². The summed E-state index contributed by atoms with van der Waals surface area (Å²) in [7, 11) is 0. The number of hydrogen-bond donors (Lipinski definition) is 2. The van der Waals surface area contributed by atoms with Gasteiger partial charge in [0, 0.05) is 12.2 Å². The number of likely N-dealkylation sites (tertiary alicyclic amines) is 1. The molecular weight excluding hydrogens is 257 g/mol. The first-order valence-corrected chi connectivity index (χ1v) is 6.94. The molecule has 1 fully saturated rings. The van der Waals surface area contributed by atoms with Gasteiger partial charge in [0.15, 0.2) is 0 Å². The smallest absolute Gasteiger partial charge is 0.241 e. The summed E-state index contributed by atoms with van der Waals surface area (Å²) in [6.45, 7) is 6.33. The van der Waals surface area contributed by atoms with Crippen LogP contribution in [0.25, 0.3) is 0 Å². The molecule has 2 atom stereocenters. The molecule has 1 aromatic carbocycles. The fraction of sp³-hybridized carbons (Fsp3) is 0.533. The highest BCUT2D eigenvalue weighted by atomic mass is 19.1. The van der Waals surface area contributed by atoms with Crippen molar-refractivity contribution in [3.63, 3.8) is 0 Å². The second-order valence-electron chi connectivity index (χ2n) is 5.91. The Hall–Kier alpha value is -1.46. The first-order chi connectivity index (χ1) is 9.43.